The molecule has 0 atom stereocenters. The van der Waals surface area contributed by atoms with Gasteiger partial charge in [-0.25, -0.2) is 9.97 Å². The molecule has 1 heterocycles. The molecule has 2 aromatic carbocycles. The zero-order valence-corrected chi connectivity index (χ0v) is 16.7. The fraction of sp³-hybridized carbons (Fsp3) is 0.190. The summed E-state index contributed by atoms with van der Waals surface area (Å²) in [6.07, 6.45) is 0. The molecule has 1 amide bonds. The Morgan fingerprint density at radius 1 is 1.14 bits per heavy atom. The third-order valence-corrected chi connectivity index (χ3v) is 4.42. The summed E-state index contributed by atoms with van der Waals surface area (Å²) in [7, 11) is 1.54. The second kappa shape index (κ2) is 8.71. The number of aromatic nitrogens is 2. The lowest BCUT2D eigenvalue weighted by atomic mass is 10.2. The molecule has 7 heteroatoms. The summed E-state index contributed by atoms with van der Waals surface area (Å²) in [6.45, 7) is 4.50. The summed E-state index contributed by atoms with van der Waals surface area (Å²) >= 11 is 6.13. The quantitative estimate of drug-likeness (QED) is 0.644. The molecule has 1 aromatic heterocycles. The van der Waals surface area contributed by atoms with E-state index in [2.05, 4.69) is 15.3 Å². The van der Waals surface area contributed by atoms with E-state index in [4.69, 9.17) is 16.3 Å². The van der Waals surface area contributed by atoms with Crippen molar-refractivity contribution >= 4 is 34.7 Å². The Bertz CT molecular complexity index is 979. The maximum absolute atomic E-state index is 12.7. The number of halogens is 1. The molecule has 1 N–H and O–H groups in total. The molecule has 6 nitrogen and oxygen atoms in total. The van der Waals surface area contributed by atoms with Gasteiger partial charge in [-0.05, 0) is 44.2 Å². The van der Waals surface area contributed by atoms with Crippen molar-refractivity contribution < 1.29 is 9.53 Å². The first-order chi connectivity index (χ1) is 13.5. The number of para-hydroxylation sites is 1. The number of hydrogen-bond acceptors (Lipinski definition) is 5. The minimum absolute atomic E-state index is 0.281. The second-order valence-corrected chi connectivity index (χ2v) is 6.45. The van der Waals surface area contributed by atoms with Crippen LogP contribution in [0, 0.1) is 6.92 Å². The van der Waals surface area contributed by atoms with Gasteiger partial charge in [0, 0.05) is 24.0 Å². The molecule has 3 aromatic rings. The molecule has 0 saturated carbocycles. The first-order valence-corrected chi connectivity index (χ1v) is 9.22. The highest BCUT2D eigenvalue weighted by Gasteiger charge is 2.16. The molecular formula is C21H21ClN4O2. The first-order valence-electron chi connectivity index (χ1n) is 8.85. The van der Waals surface area contributed by atoms with Crippen LogP contribution in [0.3, 0.4) is 0 Å². The van der Waals surface area contributed by atoms with Gasteiger partial charge in [0.25, 0.3) is 5.91 Å². The van der Waals surface area contributed by atoms with Gasteiger partial charge < -0.3 is 15.0 Å². The van der Waals surface area contributed by atoms with Crippen molar-refractivity contribution in [1.29, 1.82) is 0 Å². The summed E-state index contributed by atoms with van der Waals surface area (Å²) < 4.78 is 5.13. The summed E-state index contributed by atoms with van der Waals surface area (Å²) in [5.41, 5.74) is 1.84. The van der Waals surface area contributed by atoms with Crippen molar-refractivity contribution in [3.63, 3.8) is 0 Å². The van der Waals surface area contributed by atoms with Gasteiger partial charge in [-0.3, -0.25) is 4.79 Å². The van der Waals surface area contributed by atoms with Gasteiger partial charge in [0.1, 0.15) is 23.1 Å². The lowest BCUT2D eigenvalue weighted by Gasteiger charge is -2.22. The van der Waals surface area contributed by atoms with Crippen LogP contribution in [-0.2, 0) is 0 Å². The predicted molar refractivity (Wildman–Crippen MR) is 112 cm³/mol. The van der Waals surface area contributed by atoms with Crippen molar-refractivity contribution in [2.24, 2.45) is 0 Å². The van der Waals surface area contributed by atoms with Crippen molar-refractivity contribution in [2.75, 3.05) is 23.9 Å². The molecule has 144 valence electrons. The van der Waals surface area contributed by atoms with E-state index in [-0.39, 0.29) is 11.6 Å². The molecule has 0 fully saturated rings. The molecule has 3 rings (SSSR count). The molecule has 0 unspecified atom stereocenters. The van der Waals surface area contributed by atoms with Crippen LogP contribution in [0.4, 0.5) is 17.2 Å². The monoisotopic (exact) mass is 396 g/mol. The number of carbonyl (C=O) groups is 1. The minimum Gasteiger partial charge on any atom is -0.495 e. The standard InChI is InChI=1S/C21H21ClN4O2/c1-4-26(16-8-6-5-7-9-16)20-13-18(23-14(2)24-20)21(27)25-15-10-11-19(28-3)17(22)12-15/h5-13H,4H2,1-3H3,(H,25,27). The fourth-order valence-corrected chi connectivity index (χ4v) is 3.09. The van der Waals surface area contributed by atoms with Crippen molar-refractivity contribution in [1.82, 2.24) is 9.97 Å². The van der Waals surface area contributed by atoms with Gasteiger partial charge in [-0.15, -0.1) is 0 Å². The van der Waals surface area contributed by atoms with Gasteiger partial charge in [0.05, 0.1) is 12.1 Å². The lowest BCUT2D eigenvalue weighted by Crippen LogP contribution is -2.21. The highest BCUT2D eigenvalue weighted by atomic mass is 35.5. The number of amides is 1. The second-order valence-electron chi connectivity index (χ2n) is 6.04. The van der Waals surface area contributed by atoms with E-state index in [0.717, 1.165) is 5.69 Å². The van der Waals surface area contributed by atoms with E-state index >= 15 is 0 Å². The normalized spacial score (nSPS) is 10.4. The number of benzene rings is 2. The van der Waals surface area contributed by atoms with Crippen LogP contribution in [-0.4, -0.2) is 29.5 Å². The van der Waals surface area contributed by atoms with E-state index in [1.807, 2.05) is 42.2 Å². The summed E-state index contributed by atoms with van der Waals surface area (Å²) in [4.78, 5) is 23.6. The third-order valence-electron chi connectivity index (χ3n) is 4.13. The van der Waals surface area contributed by atoms with Crippen LogP contribution in [0.2, 0.25) is 5.02 Å². The fourth-order valence-electron chi connectivity index (χ4n) is 2.83. The Balaban J connectivity index is 1.88. The predicted octanol–water partition coefficient (Wildman–Crippen LogP) is 4.86. The minimum atomic E-state index is -0.336. The highest BCUT2D eigenvalue weighted by Crippen LogP contribution is 2.28. The molecule has 0 saturated heterocycles. The molecule has 0 aliphatic rings. The highest BCUT2D eigenvalue weighted by molar-refractivity contribution is 6.32. The van der Waals surface area contributed by atoms with E-state index in [0.29, 0.717) is 34.6 Å². The molecule has 0 aliphatic heterocycles. The molecule has 0 aliphatic carbocycles. The largest absolute Gasteiger partial charge is 0.495 e. The Hall–Kier alpha value is -3.12. The zero-order valence-electron chi connectivity index (χ0n) is 15.9. The molecule has 28 heavy (non-hydrogen) atoms. The Kier molecular flexibility index (Phi) is 6.11. The molecular weight excluding hydrogens is 376 g/mol. The number of nitrogens with zero attached hydrogens (tertiary/aromatic N) is 3. The Morgan fingerprint density at radius 3 is 2.54 bits per heavy atom. The maximum atomic E-state index is 12.7. The number of methoxy groups -OCH3 is 1. The van der Waals surface area contributed by atoms with Crippen LogP contribution in [0.1, 0.15) is 23.2 Å². The molecule has 0 spiro atoms. The van der Waals surface area contributed by atoms with Crippen molar-refractivity contribution in [3.8, 4) is 5.75 Å². The van der Waals surface area contributed by atoms with Gasteiger partial charge >= 0.3 is 0 Å². The van der Waals surface area contributed by atoms with Crippen LogP contribution >= 0.6 is 11.6 Å². The summed E-state index contributed by atoms with van der Waals surface area (Å²) in [5.74, 6) is 1.39. The zero-order chi connectivity index (χ0) is 20.1. The van der Waals surface area contributed by atoms with E-state index in [1.165, 1.54) is 7.11 Å². The SMILES string of the molecule is CCN(c1ccccc1)c1cc(C(=O)Nc2ccc(OC)c(Cl)c2)nc(C)n1. The van der Waals surface area contributed by atoms with Crippen LogP contribution in [0.5, 0.6) is 5.75 Å². The van der Waals surface area contributed by atoms with Crippen molar-refractivity contribution in [3.05, 3.63) is 71.1 Å². The smallest absolute Gasteiger partial charge is 0.274 e. The number of hydrogen-bond donors (Lipinski definition) is 1. The number of nitrogens with one attached hydrogen (secondary N) is 1. The van der Waals surface area contributed by atoms with Gasteiger partial charge in [-0.2, -0.15) is 0 Å². The number of ether oxygens (including phenoxy) is 1. The first kappa shape index (κ1) is 19.6. The lowest BCUT2D eigenvalue weighted by molar-refractivity contribution is 0.102. The Labute approximate surface area is 169 Å². The number of aryl methyl sites for hydroxylation is 1. The maximum Gasteiger partial charge on any atom is 0.274 e. The van der Waals surface area contributed by atoms with E-state index in [1.54, 1.807) is 31.2 Å². The summed E-state index contributed by atoms with van der Waals surface area (Å²) in [6, 6.07) is 16.6. The van der Waals surface area contributed by atoms with Crippen LogP contribution in [0.25, 0.3) is 0 Å². The number of anilines is 3. The molecule has 0 radical (unpaired) electrons. The van der Waals surface area contributed by atoms with E-state index in [9.17, 15) is 4.79 Å². The molecule has 0 bridgehead atoms. The van der Waals surface area contributed by atoms with Gasteiger partial charge in [0.2, 0.25) is 0 Å². The average molecular weight is 397 g/mol. The third kappa shape index (κ3) is 4.40. The van der Waals surface area contributed by atoms with Crippen LogP contribution in [0.15, 0.2) is 54.6 Å². The topological polar surface area (TPSA) is 67.4 Å². The van der Waals surface area contributed by atoms with Crippen molar-refractivity contribution in [2.45, 2.75) is 13.8 Å². The average Bonchev–Trinajstić information content (AvgIpc) is 2.69. The number of rotatable bonds is 6. The number of carbonyl (C=O) groups excluding carboxylic acids is 1. The van der Waals surface area contributed by atoms with Gasteiger partial charge in [-0.1, -0.05) is 29.8 Å². The van der Waals surface area contributed by atoms with Gasteiger partial charge in [0.15, 0.2) is 0 Å². The Morgan fingerprint density at radius 2 is 1.89 bits per heavy atom. The van der Waals surface area contributed by atoms with E-state index < -0.39 is 0 Å². The van der Waals surface area contributed by atoms with Crippen LogP contribution < -0.4 is 15.0 Å². The summed E-state index contributed by atoms with van der Waals surface area (Å²) in [5, 5.41) is 3.23.